The van der Waals surface area contributed by atoms with Crippen molar-refractivity contribution in [3.63, 3.8) is 0 Å². The van der Waals surface area contributed by atoms with Crippen molar-refractivity contribution in [2.75, 3.05) is 24.6 Å². The van der Waals surface area contributed by atoms with Crippen LogP contribution >= 0.6 is 0 Å². The third-order valence-electron chi connectivity index (χ3n) is 7.46. The number of nitrogens with zero attached hydrogens (tertiary/aromatic N) is 7. The Hall–Kier alpha value is -3.84. The molecule has 3 aliphatic rings. The van der Waals surface area contributed by atoms with Gasteiger partial charge in [-0.15, -0.1) is 0 Å². The van der Waals surface area contributed by atoms with Crippen LogP contribution in [0.1, 0.15) is 55.0 Å². The average molecular weight is 502 g/mol. The van der Waals surface area contributed by atoms with Gasteiger partial charge in [0.05, 0.1) is 30.0 Å². The van der Waals surface area contributed by atoms with Gasteiger partial charge in [-0.1, -0.05) is 0 Å². The molecule has 2 aliphatic heterocycles. The van der Waals surface area contributed by atoms with E-state index in [2.05, 4.69) is 19.9 Å². The molecule has 1 amide bonds. The number of aromatic nitrogens is 4. The highest BCUT2D eigenvalue weighted by atomic mass is 19.1. The summed E-state index contributed by atoms with van der Waals surface area (Å²) in [6.07, 6.45) is 10.9. The summed E-state index contributed by atoms with van der Waals surface area (Å²) in [5, 5.41) is 10.6. The number of amides is 1. The Balaban J connectivity index is 1.10. The van der Waals surface area contributed by atoms with Crippen LogP contribution in [0.4, 0.5) is 10.2 Å². The second kappa shape index (κ2) is 9.90. The molecule has 1 atom stereocenters. The number of hydrogen-bond acceptors (Lipinski definition) is 7. The Morgan fingerprint density at radius 3 is 2.65 bits per heavy atom. The van der Waals surface area contributed by atoms with Crippen LogP contribution in [0, 0.1) is 29.0 Å². The van der Waals surface area contributed by atoms with Crippen molar-refractivity contribution in [1.82, 2.24) is 24.6 Å². The number of hydroxylamine groups is 2. The molecule has 3 fully saturated rings. The second-order valence-electron chi connectivity index (χ2n) is 10.1. The molecule has 0 spiro atoms. The summed E-state index contributed by atoms with van der Waals surface area (Å²) >= 11 is 0. The molecule has 2 aromatic heterocycles. The molecule has 0 bridgehead atoms. The van der Waals surface area contributed by atoms with Crippen LogP contribution in [-0.2, 0) is 16.1 Å². The van der Waals surface area contributed by atoms with E-state index in [1.807, 2.05) is 22.9 Å². The summed E-state index contributed by atoms with van der Waals surface area (Å²) in [7, 11) is 0. The van der Waals surface area contributed by atoms with Gasteiger partial charge in [0, 0.05) is 37.7 Å². The Bertz CT molecular complexity index is 1340. The van der Waals surface area contributed by atoms with E-state index >= 15 is 0 Å². The number of imidazole rings is 1. The van der Waals surface area contributed by atoms with E-state index in [9.17, 15) is 14.4 Å². The number of carbonyl (C=O) groups is 1. The normalized spacial score (nSPS) is 20.3. The van der Waals surface area contributed by atoms with E-state index in [0.29, 0.717) is 44.5 Å². The molecular formula is C27H28FN7O2. The van der Waals surface area contributed by atoms with E-state index < -0.39 is 11.9 Å². The van der Waals surface area contributed by atoms with Gasteiger partial charge in [0.15, 0.2) is 0 Å². The fourth-order valence-corrected chi connectivity index (χ4v) is 5.26. The van der Waals surface area contributed by atoms with Gasteiger partial charge in [-0.05, 0) is 61.8 Å². The topological polar surface area (TPSA) is 100 Å². The van der Waals surface area contributed by atoms with Crippen molar-refractivity contribution in [3.05, 3.63) is 65.8 Å². The molecule has 37 heavy (non-hydrogen) atoms. The highest BCUT2D eigenvalue weighted by Gasteiger charge is 2.37. The first kappa shape index (κ1) is 23.6. The highest BCUT2D eigenvalue weighted by molar-refractivity contribution is 5.79. The van der Waals surface area contributed by atoms with Gasteiger partial charge in [-0.2, -0.15) is 5.26 Å². The zero-order valence-electron chi connectivity index (χ0n) is 20.5. The number of nitriles is 1. The number of rotatable bonds is 6. The molecule has 1 aliphatic carbocycles. The number of hydrogen-bond donors (Lipinski definition) is 0. The van der Waals surface area contributed by atoms with Gasteiger partial charge in [0.1, 0.15) is 30.1 Å². The van der Waals surface area contributed by atoms with Gasteiger partial charge in [0.25, 0.3) is 0 Å². The van der Waals surface area contributed by atoms with Crippen molar-refractivity contribution in [3.8, 4) is 11.9 Å². The van der Waals surface area contributed by atoms with Gasteiger partial charge in [0.2, 0.25) is 5.91 Å². The SMILES string of the molecule is N#Cc1cc(F)cc(C2CCON2C(=O)C2CCN(c3cc(-n4cnc(CC5CC5)c4)ncn3)CC2)c1. The van der Waals surface area contributed by atoms with Crippen LogP contribution in [0.25, 0.3) is 5.82 Å². The van der Waals surface area contributed by atoms with E-state index in [4.69, 9.17) is 4.84 Å². The Morgan fingerprint density at radius 2 is 1.86 bits per heavy atom. The highest BCUT2D eigenvalue weighted by Crippen LogP contribution is 2.35. The lowest BCUT2D eigenvalue weighted by Crippen LogP contribution is -2.42. The Kier molecular flexibility index (Phi) is 6.30. The van der Waals surface area contributed by atoms with Crippen LogP contribution in [0.3, 0.4) is 0 Å². The van der Waals surface area contributed by atoms with Crippen LogP contribution in [0.15, 0.2) is 43.1 Å². The molecule has 1 saturated carbocycles. The standard InChI is InChI=1S/C27H28FN7O2/c28-22-10-19(14-29)9-21(12-22)24-5-8-37-35(24)27(36)20-3-6-33(7-4-20)25-13-26(31-16-30-25)34-15-23(32-17-34)11-18-1-2-18/h9-10,12-13,15-18,20,24H,1-8,11H2. The maximum absolute atomic E-state index is 14.0. The maximum atomic E-state index is 14.0. The zero-order valence-corrected chi connectivity index (χ0v) is 20.5. The van der Waals surface area contributed by atoms with E-state index in [-0.39, 0.29) is 17.4 Å². The number of halogens is 1. The van der Waals surface area contributed by atoms with Gasteiger partial charge in [-0.3, -0.25) is 14.2 Å². The largest absolute Gasteiger partial charge is 0.356 e. The molecule has 1 aromatic carbocycles. The molecule has 10 heteroatoms. The number of benzene rings is 1. The number of anilines is 1. The van der Waals surface area contributed by atoms with Crippen LogP contribution in [-0.4, -0.2) is 50.2 Å². The summed E-state index contributed by atoms with van der Waals surface area (Å²) in [5.41, 5.74) is 1.92. The third-order valence-corrected chi connectivity index (χ3v) is 7.46. The van der Waals surface area contributed by atoms with Gasteiger partial charge in [-0.25, -0.2) is 24.4 Å². The van der Waals surface area contributed by atoms with Crippen molar-refractivity contribution in [1.29, 1.82) is 5.26 Å². The van der Waals surface area contributed by atoms with Crippen molar-refractivity contribution in [2.24, 2.45) is 11.8 Å². The third kappa shape index (κ3) is 5.04. The fraction of sp³-hybridized carbons (Fsp3) is 0.444. The van der Waals surface area contributed by atoms with Gasteiger partial charge < -0.3 is 4.90 Å². The smallest absolute Gasteiger partial charge is 0.249 e. The lowest BCUT2D eigenvalue weighted by atomic mass is 9.94. The first-order valence-corrected chi connectivity index (χ1v) is 12.8. The quantitative estimate of drug-likeness (QED) is 0.507. The Labute approximate surface area is 214 Å². The van der Waals surface area contributed by atoms with Crippen molar-refractivity contribution < 1.29 is 14.0 Å². The lowest BCUT2D eigenvalue weighted by Gasteiger charge is -2.34. The minimum absolute atomic E-state index is 0.0881. The predicted octanol–water partition coefficient (Wildman–Crippen LogP) is 3.75. The molecule has 2 saturated heterocycles. The molecule has 6 rings (SSSR count). The Morgan fingerprint density at radius 1 is 1.05 bits per heavy atom. The average Bonchev–Trinajstić information content (AvgIpc) is 3.39. The monoisotopic (exact) mass is 501 g/mol. The molecule has 0 N–H and O–H groups in total. The molecule has 9 nitrogen and oxygen atoms in total. The summed E-state index contributed by atoms with van der Waals surface area (Å²) in [6, 6.07) is 7.75. The number of piperidine rings is 1. The first-order chi connectivity index (χ1) is 18.1. The van der Waals surface area contributed by atoms with E-state index in [1.165, 1.54) is 30.0 Å². The zero-order chi connectivity index (χ0) is 25.4. The maximum Gasteiger partial charge on any atom is 0.249 e. The van der Waals surface area contributed by atoms with Crippen LogP contribution < -0.4 is 4.90 Å². The molecule has 4 heterocycles. The summed E-state index contributed by atoms with van der Waals surface area (Å²) in [4.78, 5) is 34.7. The minimum Gasteiger partial charge on any atom is -0.356 e. The van der Waals surface area contributed by atoms with Crippen molar-refractivity contribution >= 4 is 11.7 Å². The second-order valence-corrected chi connectivity index (χ2v) is 10.1. The first-order valence-electron chi connectivity index (χ1n) is 12.8. The molecule has 1 unspecified atom stereocenters. The molecule has 190 valence electrons. The predicted molar refractivity (Wildman–Crippen MR) is 132 cm³/mol. The molecule has 0 radical (unpaired) electrons. The van der Waals surface area contributed by atoms with Crippen LogP contribution in [0.2, 0.25) is 0 Å². The number of carbonyl (C=O) groups excluding carboxylic acids is 1. The minimum atomic E-state index is -0.485. The molecular weight excluding hydrogens is 473 g/mol. The lowest BCUT2D eigenvalue weighted by molar-refractivity contribution is -0.182. The van der Waals surface area contributed by atoms with Crippen molar-refractivity contribution in [2.45, 2.75) is 44.6 Å². The van der Waals surface area contributed by atoms with E-state index in [0.717, 1.165) is 29.7 Å². The summed E-state index contributed by atoms with van der Waals surface area (Å²) in [5.74, 6) is 1.61. The summed E-state index contributed by atoms with van der Waals surface area (Å²) < 4.78 is 16.0. The summed E-state index contributed by atoms with van der Waals surface area (Å²) in [6.45, 7) is 1.75. The molecule has 3 aromatic rings. The van der Waals surface area contributed by atoms with Crippen LogP contribution in [0.5, 0.6) is 0 Å². The fourth-order valence-electron chi connectivity index (χ4n) is 5.26. The van der Waals surface area contributed by atoms with Gasteiger partial charge >= 0.3 is 0 Å². The van der Waals surface area contributed by atoms with E-state index in [1.54, 1.807) is 18.7 Å².